The molecule has 0 amide bonds. The Labute approximate surface area is 253 Å². The Kier molecular flexibility index (Phi) is 28.6. The Bertz CT molecular complexity index is 600. The second-order valence-electron chi connectivity index (χ2n) is 12.4. The lowest BCUT2D eigenvalue weighted by Gasteiger charge is -2.24. The Hall–Kier alpha value is -0.530. The molecule has 0 saturated carbocycles. The molecule has 0 fully saturated rings. The van der Waals surface area contributed by atoms with Gasteiger partial charge in [0.2, 0.25) is 0 Å². The maximum atomic E-state index is 2.77. The highest BCUT2D eigenvalue weighted by molar-refractivity contribution is 5.85. The highest BCUT2D eigenvalue weighted by Gasteiger charge is 2.09. The van der Waals surface area contributed by atoms with Crippen LogP contribution in [0, 0.1) is 13.8 Å². The molecule has 1 aromatic carbocycles. The second kappa shape index (κ2) is 29.0. The predicted molar refractivity (Wildman–Crippen MR) is 181 cm³/mol. The minimum atomic E-state index is 0. The standard InChI is InChI=1S/C37H69N.ClH/c1-5-7-9-11-13-15-17-19-21-23-25-27-32-38(34-37-31-29-30-35(3)36(37)4)33-28-26-24-22-20-18-16-14-12-10-8-6-2;/h29-31H,5-28,32-34H2,1-4H3;1H. The fourth-order valence-electron chi connectivity index (χ4n) is 5.85. The zero-order chi connectivity index (χ0) is 27.5. The van der Waals surface area contributed by atoms with Crippen LogP contribution in [0.4, 0.5) is 0 Å². The number of aryl methyl sites for hydroxylation is 1. The first-order chi connectivity index (χ1) is 18.7. The van der Waals surface area contributed by atoms with Gasteiger partial charge in [0, 0.05) is 6.54 Å². The van der Waals surface area contributed by atoms with Gasteiger partial charge < -0.3 is 0 Å². The molecule has 0 N–H and O–H groups in total. The van der Waals surface area contributed by atoms with E-state index in [1.54, 1.807) is 5.56 Å². The van der Waals surface area contributed by atoms with Crippen LogP contribution in [0.15, 0.2) is 18.2 Å². The SMILES string of the molecule is CCCCCCCCCCCCCCN(CCCCCCCCCCCCCC)Cc1cccc(C)c1C.Cl. The van der Waals surface area contributed by atoms with Crippen molar-refractivity contribution in [3.63, 3.8) is 0 Å². The zero-order valence-corrected chi connectivity index (χ0v) is 28.0. The number of hydrogen-bond acceptors (Lipinski definition) is 1. The highest BCUT2D eigenvalue weighted by atomic mass is 35.5. The van der Waals surface area contributed by atoms with E-state index in [4.69, 9.17) is 0 Å². The number of rotatable bonds is 28. The lowest BCUT2D eigenvalue weighted by atomic mass is 10.0. The van der Waals surface area contributed by atoms with Crippen LogP contribution in [0.5, 0.6) is 0 Å². The minimum absolute atomic E-state index is 0. The van der Waals surface area contributed by atoms with Gasteiger partial charge in [0.1, 0.15) is 0 Å². The van der Waals surface area contributed by atoms with Crippen molar-refractivity contribution in [1.29, 1.82) is 0 Å². The number of hydrogen-bond donors (Lipinski definition) is 0. The van der Waals surface area contributed by atoms with Gasteiger partial charge in [0.25, 0.3) is 0 Å². The first-order valence-electron chi connectivity index (χ1n) is 17.5. The van der Waals surface area contributed by atoms with Crippen molar-refractivity contribution in [2.45, 2.75) is 188 Å². The van der Waals surface area contributed by atoms with Gasteiger partial charge in [-0.3, -0.25) is 4.90 Å². The van der Waals surface area contributed by atoms with E-state index in [2.05, 4.69) is 50.8 Å². The van der Waals surface area contributed by atoms with E-state index in [1.807, 2.05) is 0 Å². The van der Waals surface area contributed by atoms with Crippen LogP contribution in [0.1, 0.15) is 185 Å². The summed E-state index contributed by atoms with van der Waals surface area (Å²) < 4.78 is 0. The van der Waals surface area contributed by atoms with Crippen molar-refractivity contribution in [2.75, 3.05) is 13.1 Å². The molecule has 0 aromatic heterocycles. The van der Waals surface area contributed by atoms with Gasteiger partial charge in [0.15, 0.2) is 0 Å². The van der Waals surface area contributed by atoms with E-state index in [0.29, 0.717) is 0 Å². The Morgan fingerprint density at radius 2 is 0.795 bits per heavy atom. The van der Waals surface area contributed by atoms with Crippen LogP contribution >= 0.6 is 12.4 Å². The quantitative estimate of drug-likeness (QED) is 0.0916. The molecule has 0 atom stereocenters. The van der Waals surface area contributed by atoms with E-state index in [9.17, 15) is 0 Å². The van der Waals surface area contributed by atoms with Gasteiger partial charge in [-0.1, -0.05) is 173 Å². The molecule has 39 heavy (non-hydrogen) atoms. The molecule has 0 aliphatic rings. The normalized spacial score (nSPS) is 11.3. The largest absolute Gasteiger partial charge is 0.299 e. The Morgan fingerprint density at radius 1 is 0.462 bits per heavy atom. The molecular weight excluding hydrogens is 494 g/mol. The van der Waals surface area contributed by atoms with Gasteiger partial charge in [-0.2, -0.15) is 0 Å². The average Bonchev–Trinajstić information content (AvgIpc) is 2.92. The lowest BCUT2D eigenvalue weighted by Crippen LogP contribution is -2.26. The molecule has 0 heterocycles. The van der Waals surface area contributed by atoms with Crippen LogP contribution in [0.25, 0.3) is 0 Å². The van der Waals surface area contributed by atoms with Crippen LogP contribution < -0.4 is 0 Å². The molecule has 0 unspecified atom stereocenters. The molecule has 0 aliphatic heterocycles. The summed E-state index contributed by atoms with van der Waals surface area (Å²) in [5.74, 6) is 0. The van der Waals surface area contributed by atoms with Crippen LogP contribution in [0.2, 0.25) is 0 Å². The topological polar surface area (TPSA) is 3.24 Å². The van der Waals surface area contributed by atoms with Gasteiger partial charge in [0.05, 0.1) is 0 Å². The lowest BCUT2D eigenvalue weighted by molar-refractivity contribution is 0.251. The fourth-order valence-corrected chi connectivity index (χ4v) is 5.85. The van der Waals surface area contributed by atoms with Crippen LogP contribution in [-0.4, -0.2) is 18.0 Å². The maximum Gasteiger partial charge on any atom is 0.0236 e. The fraction of sp³-hybridized carbons (Fsp3) is 0.838. The summed E-state index contributed by atoms with van der Waals surface area (Å²) >= 11 is 0. The molecule has 0 radical (unpaired) electrons. The molecule has 0 bridgehead atoms. The molecule has 0 aliphatic carbocycles. The van der Waals surface area contributed by atoms with Crippen LogP contribution in [-0.2, 0) is 6.54 Å². The molecule has 230 valence electrons. The van der Waals surface area contributed by atoms with Crippen molar-refractivity contribution in [3.05, 3.63) is 34.9 Å². The smallest absolute Gasteiger partial charge is 0.0236 e. The number of benzene rings is 1. The first kappa shape index (κ1) is 38.5. The second-order valence-corrected chi connectivity index (χ2v) is 12.4. The third-order valence-corrected chi connectivity index (χ3v) is 8.77. The Morgan fingerprint density at radius 3 is 1.15 bits per heavy atom. The van der Waals surface area contributed by atoms with Gasteiger partial charge in [-0.25, -0.2) is 0 Å². The number of unbranched alkanes of at least 4 members (excludes halogenated alkanes) is 22. The predicted octanol–water partition coefficient (Wildman–Crippen LogP) is 12.9. The van der Waals surface area contributed by atoms with E-state index in [0.717, 1.165) is 6.54 Å². The molecule has 0 spiro atoms. The van der Waals surface area contributed by atoms with E-state index >= 15 is 0 Å². The summed E-state index contributed by atoms with van der Waals surface area (Å²) in [5, 5.41) is 0. The van der Waals surface area contributed by atoms with E-state index in [-0.39, 0.29) is 12.4 Å². The highest BCUT2D eigenvalue weighted by Crippen LogP contribution is 2.18. The summed E-state index contributed by atoms with van der Waals surface area (Å²) in [4.78, 5) is 2.77. The summed E-state index contributed by atoms with van der Waals surface area (Å²) in [6, 6.07) is 6.88. The van der Waals surface area contributed by atoms with Crippen molar-refractivity contribution >= 4 is 12.4 Å². The summed E-state index contributed by atoms with van der Waals surface area (Å²) in [6.45, 7) is 12.9. The first-order valence-corrected chi connectivity index (χ1v) is 17.5. The molecule has 1 nitrogen and oxygen atoms in total. The molecular formula is C37H70ClN. The van der Waals surface area contributed by atoms with E-state index in [1.165, 1.54) is 178 Å². The van der Waals surface area contributed by atoms with Gasteiger partial charge >= 0.3 is 0 Å². The van der Waals surface area contributed by atoms with Crippen molar-refractivity contribution < 1.29 is 0 Å². The van der Waals surface area contributed by atoms with Crippen molar-refractivity contribution in [2.24, 2.45) is 0 Å². The molecule has 1 aromatic rings. The summed E-state index contributed by atoms with van der Waals surface area (Å²) in [6.07, 6.45) is 34.5. The number of nitrogens with zero attached hydrogens (tertiary/aromatic N) is 1. The summed E-state index contributed by atoms with van der Waals surface area (Å²) in [5.41, 5.74) is 4.49. The zero-order valence-electron chi connectivity index (χ0n) is 27.2. The minimum Gasteiger partial charge on any atom is -0.299 e. The maximum absolute atomic E-state index is 2.77. The molecule has 1 rings (SSSR count). The van der Waals surface area contributed by atoms with E-state index < -0.39 is 0 Å². The van der Waals surface area contributed by atoms with Crippen molar-refractivity contribution in [3.8, 4) is 0 Å². The van der Waals surface area contributed by atoms with Crippen LogP contribution in [0.3, 0.4) is 0 Å². The number of halogens is 1. The Balaban J connectivity index is 0.0000144. The monoisotopic (exact) mass is 564 g/mol. The average molecular weight is 564 g/mol. The molecule has 2 heteroatoms. The van der Waals surface area contributed by atoms with Gasteiger partial charge in [-0.05, 0) is 56.5 Å². The third-order valence-electron chi connectivity index (χ3n) is 8.77. The summed E-state index contributed by atoms with van der Waals surface area (Å²) in [7, 11) is 0. The molecule has 0 saturated heterocycles. The third kappa shape index (κ3) is 22.8. The van der Waals surface area contributed by atoms with Gasteiger partial charge in [-0.15, -0.1) is 12.4 Å². The van der Waals surface area contributed by atoms with Crippen molar-refractivity contribution in [1.82, 2.24) is 4.90 Å².